The van der Waals surface area contributed by atoms with Crippen LogP contribution in [0.15, 0.2) is 12.2 Å². The van der Waals surface area contributed by atoms with Gasteiger partial charge in [0.05, 0.1) is 40.3 Å². The Hall–Kier alpha value is -1.97. The van der Waals surface area contributed by atoms with E-state index < -0.39 is 24.3 Å². The fourth-order valence-corrected chi connectivity index (χ4v) is 6.77. The number of hydrogen-bond donors (Lipinski definition) is 0. The predicted octanol–water partition coefficient (Wildman–Crippen LogP) is 11.3. The fourth-order valence-electron chi connectivity index (χ4n) is 6.77. The van der Waals surface area contributed by atoms with E-state index in [0.717, 1.165) is 57.8 Å². The molecule has 0 bridgehead atoms. The SMILES string of the molecule is CCCCC/C=C\CCCCCCCC(=O)OC(COC(=O)CCCCCCCCCCCCCCCCCCCCCC)COC(OCC[N+](C)(C)C)C(=O)[O-]. The number of quaternary nitrogens is 1. The monoisotopic (exact) mass is 810 g/mol. The number of carbonyl (C=O) groups is 3. The molecule has 0 aliphatic carbocycles. The van der Waals surface area contributed by atoms with Crippen molar-refractivity contribution in [1.82, 2.24) is 0 Å². The van der Waals surface area contributed by atoms with Gasteiger partial charge in [-0.3, -0.25) is 9.59 Å². The number of unbranched alkanes of at least 4 members (excludes halogenated alkanes) is 27. The minimum absolute atomic E-state index is 0.149. The minimum atomic E-state index is -1.62. The van der Waals surface area contributed by atoms with Gasteiger partial charge in [-0.2, -0.15) is 0 Å². The highest BCUT2D eigenvalue weighted by molar-refractivity contribution is 5.70. The lowest BCUT2D eigenvalue weighted by atomic mass is 10.0. The Morgan fingerprint density at radius 3 is 1.33 bits per heavy atom. The summed E-state index contributed by atoms with van der Waals surface area (Å²) in [6, 6.07) is 0. The molecule has 0 amide bonds. The molecule has 0 spiro atoms. The maximum atomic E-state index is 12.7. The zero-order chi connectivity index (χ0) is 42.1. The molecule has 57 heavy (non-hydrogen) atoms. The Kier molecular flexibility index (Phi) is 39.4. The van der Waals surface area contributed by atoms with Crippen molar-refractivity contribution in [3.05, 3.63) is 12.2 Å². The van der Waals surface area contributed by atoms with Crippen LogP contribution in [0.25, 0.3) is 0 Å². The van der Waals surface area contributed by atoms with Crippen LogP contribution in [0.5, 0.6) is 0 Å². The molecule has 0 saturated carbocycles. The molecule has 336 valence electrons. The van der Waals surface area contributed by atoms with Crippen molar-refractivity contribution in [2.24, 2.45) is 0 Å². The van der Waals surface area contributed by atoms with Crippen molar-refractivity contribution < 1.29 is 42.9 Å². The van der Waals surface area contributed by atoms with Crippen LogP contribution in [0, 0.1) is 0 Å². The van der Waals surface area contributed by atoms with Gasteiger partial charge in [0.2, 0.25) is 0 Å². The Labute approximate surface area is 351 Å². The van der Waals surface area contributed by atoms with Crippen molar-refractivity contribution in [2.45, 2.75) is 232 Å². The number of hydrogen-bond acceptors (Lipinski definition) is 8. The van der Waals surface area contributed by atoms with E-state index in [9.17, 15) is 19.5 Å². The first kappa shape index (κ1) is 55.0. The molecule has 0 aromatic rings. The van der Waals surface area contributed by atoms with Gasteiger partial charge in [-0.15, -0.1) is 0 Å². The molecule has 0 aliphatic heterocycles. The van der Waals surface area contributed by atoms with Crippen LogP contribution in [-0.2, 0) is 33.3 Å². The van der Waals surface area contributed by atoms with Gasteiger partial charge >= 0.3 is 11.9 Å². The van der Waals surface area contributed by atoms with Crippen molar-refractivity contribution in [2.75, 3.05) is 47.5 Å². The predicted molar refractivity (Wildman–Crippen MR) is 233 cm³/mol. The average Bonchev–Trinajstić information content (AvgIpc) is 3.17. The van der Waals surface area contributed by atoms with E-state index in [-0.39, 0.29) is 32.2 Å². The maximum Gasteiger partial charge on any atom is 0.306 e. The molecule has 0 aromatic carbocycles. The molecule has 0 rings (SSSR count). The van der Waals surface area contributed by atoms with Gasteiger partial charge in [0, 0.05) is 12.8 Å². The number of nitrogens with zero attached hydrogens (tertiary/aromatic N) is 1. The molecule has 9 nitrogen and oxygen atoms in total. The van der Waals surface area contributed by atoms with E-state index >= 15 is 0 Å². The van der Waals surface area contributed by atoms with Crippen LogP contribution >= 0.6 is 0 Å². The van der Waals surface area contributed by atoms with E-state index in [1.165, 1.54) is 128 Å². The topological polar surface area (TPSA) is 111 Å². The van der Waals surface area contributed by atoms with Gasteiger partial charge in [0.15, 0.2) is 12.4 Å². The van der Waals surface area contributed by atoms with Crippen LogP contribution in [-0.4, -0.2) is 82.3 Å². The number of carboxylic acid groups (broad SMARTS) is 1. The smallest absolute Gasteiger partial charge is 0.306 e. The number of likely N-dealkylation sites (N-methyl/N-ethyl adjacent to an activating group) is 1. The molecule has 0 radical (unpaired) electrons. The van der Waals surface area contributed by atoms with Crippen LogP contribution in [0.2, 0.25) is 0 Å². The second-order valence-corrected chi connectivity index (χ2v) is 17.4. The Balaban J connectivity index is 4.30. The summed E-state index contributed by atoms with van der Waals surface area (Å²) in [6.45, 7) is 4.73. The first-order valence-electron chi connectivity index (χ1n) is 23.8. The molecular formula is C48H91NO8. The normalized spacial score (nSPS) is 12.9. The minimum Gasteiger partial charge on any atom is -0.545 e. The standard InChI is InChI=1S/C48H91NO8/c1-6-8-10-12-14-16-18-20-21-22-23-24-25-26-27-29-30-32-34-36-38-45(50)55-42-44(43-56-48(47(52)53)54-41-40-49(3,4)5)57-46(51)39-37-35-33-31-28-19-17-15-13-11-9-7-2/h15,17,44,48H,6-14,16,18-43H2,1-5H3/b17-15-. The summed E-state index contributed by atoms with van der Waals surface area (Å²) >= 11 is 0. The molecule has 0 aromatic heterocycles. The van der Waals surface area contributed by atoms with Crippen molar-refractivity contribution in [3.8, 4) is 0 Å². The van der Waals surface area contributed by atoms with E-state index in [1.807, 2.05) is 21.1 Å². The Morgan fingerprint density at radius 2 is 0.895 bits per heavy atom. The quantitative estimate of drug-likeness (QED) is 0.0197. The number of rotatable bonds is 44. The number of esters is 2. The van der Waals surface area contributed by atoms with Crippen molar-refractivity contribution >= 4 is 17.9 Å². The summed E-state index contributed by atoms with van der Waals surface area (Å²) in [6.07, 6.45) is 39.6. The lowest BCUT2D eigenvalue weighted by Gasteiger charge is -2.26. The largest absolute Gasteiger partial charge is 0.545 e. The molecule has 0 fully saturated rings. The highest BCUT2D eigenvalue weighted by Gasteiger charge is 2.21. The van der Waals surface area contributed by atoms with E-state index in [2.05, 4.69) is 26.0 Å². The molecule has 0 aliphatic rings. The molecule has 0 N–H and O–H groups in total. The molecule has 9 heteroatoms. The summed E-state index contributed by atoms with van der Waals surface area (Å²) in [5.41, 5.74) is 0. The van der Waals surface area contributed by atoms with E-state index in [0.29, 0.717) is 23.9 Å². The van der Waals surface area contributed by atoms with E-state index in [4.69, 9.17) is 18.9 Å². The fraction of sp³-hybridized carbons (Fsp3) is 0.896. The first-order chi connectivity index (χ1) is 27.6. The van der Waals surface area contributed by atoms with Gasteiger partial charge < -0.3 is 33.3 Å². The summed E-state index contributed by atoms with van der Waals surface area (Å²) in [7, 11) is 5.91. The van der Waals surface area contributed by atoms with Crippen molar-refractivity contribution in [1.29, 1.82) is 0 Å². The van der Waals surface area contributed by atoms with Gasteiger partial charge in [-0.05, 0) is 38.5 Å². The number of ether oxygens (including phenoxy) is 4. The third kappa shape index (κ3) is 42.0. The van der Waals surface area contributed by atoms with Crippen LogP contribution in [0.1, 0.15) is 219 Å². The molecule has 0 heterocycles. The van der Waals surface area contributed by atoms with Crippen molar-refractivity contribution in [3.63, 3.8) is 0 Å². The number of carboxylic acids is 1. The molecule has 0 saturated heterocycles. The van der Waals surface area contributed by atoms with Gasteiger partial charge in [0.1, 0.15) is 13.2 Å². The van der Waals surface area contributed by atoms with Gasteiger partial charge in [0.25, 0.3) is 0 Å². The van der Waals surface area contributed by atoms with Gasteiger partial charge in [-0.1, -0.05) is 180 Å². The summed E-state index contributed by atoms with van der Waals surface area (Å²) in [5.74, 6) is -2.28. The summed E-state index contributed by atoms with van der Waals surface area (Å²) < 4.78 is 22.6. The lowest BCUT2D eigenvalue weighted by molar-refractivity contribution is -0.870. The second kappa shape index (κ2) is 40.8. The van der Waals surface area contributed by atoms with Crippen LogP contribution < -0.4 is 5.11 Å². The average molecular weight is 810 g/mol. The number of aliphatic carboxylic acids is 1. The lowest BCUT2D eigenvalue weighted by Crippen LogP contribution is -2.44. The third-order valence-corrected chi connectivity index (χ3v) is 10.5. The summed E-state index contributed by atoms with van der Waals surface area (Å²) in [4.78, 5) is 37.0. The summed E-state index contributed by atoms with van der Waals surface area (Å²) in [5, 5.41) is 11.7. The Morgan fingerprint density at radius 1 is 0.509 bits per heavy atom. The second-order valence-electron chi connectivity index (χ2n) is 17.4. The zero-order valence-electron chi connectivity index (χ0n) is 38.0. The van der Waals surface area contributed by atoms with Gasteiger partial charge in [-0.25, -0.2) is 0 Å². The van der Waals surface area contributed by atoms with Crippen LogP contribution in [0.3, 0.4) is 0 Å². The molecule has 2 unspecified atom stereocenters. The maximum absolute atomic E-state index is 12.7. The zero-order valence-corrected chi connectivity index (χ0v) is 38.0. The molecule has 2 atom stereocenters. The number of allylic oxidation sites excluding steroid dienone is 2. The highest BCUT2D eigenvalue weighted by Crippen LogP contribution is 2.16. The molecular weight excluding hydrogens is 719 g/mol. The number of carbonyl (C=O) groups excluding carboxylic acids is 3. The van der Waals surface area contributed by atoms with Crippen LogP contribution in [0.4, 0.5) is 0 Å². The Bertz CT molecular complexity index is 949. The third-order valence-electron chi connectivity index (χ3n) is 10.5. The van der Waals surface area contributed by atoms with E-state index in [1.54, 1.807) is 0 Å². The highest BCUT2D eigenvalue weighted by atomic mass is 16.7. The first-order valence-corrected chi connectivity index (χ1v) is 23.8.